The zero-order chi connectivity index (χ0) is 21.1. The van der Waals surface area contributed by atoms with Gasteiger partial charge in [-0.15, -0.1) is 0 Å². The maximum Gasteiger partial charge on any atom is 0.255 e. The molecular weight excluding hydrogens is 384 g/mol. The molecule has 1 saturated heterocycles. The monoisotopic (exact) mass is 412 g/mol. The topological polar surface area (TPSA) is 123 Å². The number of β-amino-alcohol motifs (C(OH)–C–C–N with tert-alkyl or cyclic N) is 1. The third-order valence-corrected chi connectivity index (χ3v) is 6.05. The van der Waals surface area contributed by atoms with Gasteiger partial charge in [0, 0.05) is 25.8 Å². The van der Waals surface area contributed by atoms with Gasteiger partial charge >= 0.3 is 0 Å². The molecule has 2 fully saturated rings. The Balaban J connectivity index is 1.43. The predicted molar refractivity (Wildman–Crippen MR) is 113 cm³/mol. The molecule has 9 heteroatoms. The number of aliphatic hydroxyl groups excluding tert-OH is 1. The molecule has 2 aromatic rings. The van der Waals surface area contributed by atoms with Crippen molar-refractivity contribution in [3.8, 4) is 0 Å². The van der Waals surface area contributed by atoms with E-state index in [9.17, 15) is 14.7 Å². The van der Waals surface area contributed by atoms with E-state index in [-0.39, 0.29) is 24.4 Å². The summed E-state index contributed by atoms with van der Waals surface area (Å²) in [6.45, 7) is 4.93. The van der Waals surface area contributed by atoms with E-state index in [1.807, 2.05) is 0 Å². The van der Waals surface area contributed by atoms with E-state index in [2.05, 4.69) is 32.2 Å². The number of H-pyrrole nitrogens is 1. The first-order chi connectivity index (χ1) is 14.5. The lowest BCUT2D eigenvalue weighted by atomic mass is 10.0. The molecular formula is C21H28N6O3. The summed E-state index contributed by atoms with van der Waals surface area (Å²) >= 11 is 0. The van der Waals surface area contributed by atoms with Crippen LogP contribution in [0, 0.1) is 5.92 Å². The molecule has 30 heavy (non-hydrogen) atoms. The lowest BCUT2D eigenvalue weighted by Crippen LogP contribution is -2.51. The van der Waals surface area contributed by atoms with Crippen LogP contribution in [0.25, 0.3) is 11.2 Å². The van der Waals surface area contributed by atoms with Gasteiger partial charge in [0.15, 0.2) is 5.65 Å². The molecule has 0 spiro atoms. The number of aromatic amines is 1. The summed E-state index contributed by atoms with van der Waals surface area (Å²) in [5, 5.41) is 16.6. The molecule has 1 saturated carbocycles. The number of amides is 2. The molecule has 2 atom stereocenters. The Morgan fingerprint density at radius 3 is 2.87 bits per heavy atom. The van der Waals surface area contributed by atoms with Gasteiger partial charge in [-0.25, -0.2) is 9.97 Å². The number of fused-ring (bicyclic) bond motifs is 1. The molecule has 1 aliphatic carbocycles. The van der Waals surface area contributed by atoms with E-state index >= 15 is 0 Å². The van der Waals surface area contributed by atoms with Crippen molar-refractivity contribution in [2.75, 3.05) is 25.0 Å². The third kappa shape index (κ3) is 4.30. The highest BCUT2D eigenvalue weighted by atomic mass is 16.3. The number of aliphatic hydroxyl groups is 1. The maximum absolute atomic E-state index is 12.7. The van der Waals surface area contributed by atoms with Crippen LogP contribution in [0.1, 0.15) is 42.5 Å². The fourth-order valence-corrected chi connectivity index (χ4v) is 4.30. The van der Waals surface area contributed by atoms with Crippen molar-refractivity contribution < 1.29 is 14.7 Å². The number of nitrogens with one attached hydrogen (secondary N) is 3. The first kappa shape index (κ1) is 20.3. The number of carbonyl (C=O) groups is 2. The number of aromatic nitrogens is 3. The van der Waals surface area contributed by atoms with Gasteiger partial charge in [-0.3, -0.25) is 9.59 Å². The second kappa shape index (κ2) is 8.83. The van der Waals surface area contributed by atoms with Crippen LogP contribution in [0.3, 0.4) is 0 Å². The van der Waals surface area contributed by atoms with Gasteiger partial charge in [-0.05, 0) is 31.3 Å². The molecule has 1 aliphatic heterocycles. The van der Waals surface area contributed by atoms with Crippen LogP contribution < -0.4 is 10.6 Å². The van der Waals surface area contributed by atoms with Crippen molar-refractivity contribution in [3.63, 3.8) is 0 Å². The SMILES string of the molecule is C=CC(=O)N1CC[C@@H](Nc2cnc3[nH]cc(C(=O)NCC4CCCC4)c3n2)[C@@H](O)C1. The second-order valence-corrected chi connectivity index (χ2v) is 8.11. The second-order valence-electron chi connectivity index (χ2n) is 8.11. The maximum atomic E-state index is 12.7. The molecule has 0 aromatic carbocycles. The molecule has 9 nitrogen and oxygen atoms in total. The van der Waals surface area contributed by atoms with Crippen molar-refractivity contribution in [2.24, 2.45) is 5.92 Å². The lowest BCUT2D eigenvalue weighted by molar-refractivity contribution is -0.129. The van der Waals surface area contributed by atoms with E-state index in [1.54, 1.807) is 17.3 Å². The number of hydrogen-bond acceptors (Lipinski definition) is 6. The summed E-state index contributed by atoms with van der Waals surface area (Å²) in [5.41, 5.74) is 1.50. The minimum Gasteiger partial charge on any atom is -0.389 e. The molecule has 2 amide bonds. The van der Waals surface area contributed by atoms with Crippen LogP contribution in [0.4, 0.5) is 5.82 Å². The average Bonchev–Trinajstić information content (AvgIpc) is 3.42. The molecule has 0 bridgehead atoms. The molecule has 4 N–H and O–H groups in total. The molecule has 0 unspecified atom stereocenters. The zero-order valence-electron chi connectivity index (χ0n) is 16.9. The van der Waals surface area contributed by atoms with Crippen molar-refractivity contribution in [1.29, 1.82) is 0 Å². The van der Waals surface area contributed by atoms with Gasteiger partial charge in [-0.1, -0.05) is 19.4 Å². The van der Waals surface area contributed by atoms with Crippen LogP contribution in [0.15, 0.2) is 25.0 Å². The highest BCUT2D eigenvalue weighted by Gasteiger charge is 2.29. The standard InChI is InChI=1S/C21H28N6O3/c1-2-18(29)27-8-7-15(16(28)12-27)25-17-11-23-20-19(26-17)14(10-22-20)21(30)24-9-13-5-3-4-6-13/h2,10-11,13,15-16,28H,1,3-9,12H2,(H,22,23)(H,24,30)(H,25,26)/t15-,16+/m1/s1. The first-order valence-electron chi connectivity index (χ1n) is 10.5. The number of piperidine rings is 1. The van der Waals surface area contributed by atoms with Gasteiger partial charge in [0.05, 0.1) is 23.9 Å². The number of carbonyl (C=O) groups excluding carboxylic acids is 2. The van der Waals surface area contributed by atoms with Crippen LogP contribution in [0.5, 0.6) is 0 Å². The summed E-state index contributed by atoms with van der Waals surface area (Å²) in [7, 11) is 0. The summed E-state index contributed by atoms with van der Waals surface area (Å²) < 4.78 is 0. The summed E-state index contributed by atoms with van der Waals surface area (Å²) in [5.74, 6) is 0.701. The molecule has 0 radical (unpaired) electrons. The molecule has 2 aliphatic rings. The van der Waals surface area contributed by atoms with Crippen LogP contribution in [-0.4, -0.2) is 68.6 Å². The molecule has 3 heterocycles. The van der Waals surface area contributed by atoms with E-state index < -0.39 is 6.10 Å². The molecule has 4 rings (SSSR count). The van der Waals surface area contributed by atoms with E-state index in [4.69, 9.17) is 0 Å². The predicted octanol–water partition coefficient (Wildman–Crippen LogP) is 1.44. The van der Waals surface area contributed by atoms with Crippen LogP contribution in [-0.2, 0) is 4.79 Å². The number of rotatable bonds is 6. The Labute approximate surface area is 175 Å². The Morgan fingerprint density at radius 1 is 1.33 bits per heavy atom. The zero-order valence-corrected chi connectivity index (χ0v) is 16.9. The van der Waals surface area contributed by atoms with Gasteiger partial charge < -0.3 is 25.6 Å². The van der Waals surface area contributed by atoms with Crippen molar-refractivity contribution in [3.05, 3.63) is 30.6 Å². The number of anilines is 1. The molecule has 160 valence electrons. The van der Waals surface area contributed by atoms with Crippen molar-refractivity contribution >= 4 is 28.8 Å². The highest BCUT2D eigenvalue weighted by molar-refractivity contribution is 6.04. The molecule has 2 aromatic heterocycles. The van der Waals surface area contributed by atoms with E-state index in [0.29, 0.717) is 48.0 Å². The number of likely N-dealkylation sites (tertiary alicyclic amines) is 1. The smallest absolute Gasteiger partial charge is 0.255 e. The van der Waals surface area contributed by atoms with Gasteiger partial charge in [0.25, 0.3) is 5.91 Å². The highest BCUT2D eigenvalue weighted by Crippen LogP contribution is 2.24. The van der Waals surface area contributed by atoms with Gasteiger partial charge in [-0.2, -0.15) is 0 Å². The van der Waals surface area contributed by atoms with Crippen LogP contribution >= 0.6 is 0 Å². The first-order valence-corrected chi connectivity index (χ1v) is 10.5. The quantitative estimate of drug-likeness (QED) is 0.533. The van der Waals surface area contributed by atoms with Gasteiger partial charge in [0.1, 0.15) is 11.3 Å². The Bertz CT molecular complexity index is 936. The summed E-state index contributed by atoms with van der Waals surface area (Å²) in [6, 6.07) is -0.260. The largest absolute Gasteiger partial charge is 0.389 e. The van der Waals surface area contributed by atoms with Crippen molar-refractivity contribution in [1.82, 2.24) is 25.2 Å². The van der Waals surface area contributed by atoms with Crippen LogP contribution in [0.2, 0.25) is 0 Å². The fraction of sp³-hybridized carbons (Fsp3) is 0.524. The minimum absolute atomic E-state index is 0.157. The normalized spacial score (nSPS) is 22.2. The Kier molecular flexibility index (Phi) is 5.98. The minimum atomic E-state index is -0.736. The fourth-order valence-electron chi connectivity index (χ4n) is 4.30. The Hall–Kier alpha value is -2.94. The van der Waals surface area contributed by atoms with E-state index in [0.717, 1.165) is 0 Å². The number of hydrogen-bond donors (Lipinski definition) is 4. The van der Waals surface area contributed by atoms with Crippen molar-refractivity contribution in [2.45, 2.75) is 44.2 Å². The number of nitrogens with zero attached hydrogens (tertiary/aromatic N) is 3. The van der Waals surface area contributed by atoms with Gasteiger partial charge in [0.2, 0.25) is 5.91 Å². The summed E-state index contributed by atoms with van der Waals surface area (Å²) in [6.07, 6.45) is 9.11. The third-order valence-electron chi connectivity index (χ3n) is 6.05. The summed E-state index contributed by atoms with van der Waals surface area (Å²) in [4.78, 5) is 37.9. The average molecular weight is 412 g/mol. The van der Waals surface area contributed by atoms with E-state index in [1.165, 1.54) is 31.8 Å². The lowest BCUT2D eigenvalue weighted by Gasteiger charge is -2.35. The Morgan fingerprint density at radius 2 is 2.13 bits per heavy atom.